The summed E-state index contributed by atoms with van der Waals surface area (Å²) in [6.45, 7) is 8.69. The van der Waals surface area contributed by atoms with Crippen molar-refractivity contribution in [3.63, 3.8) is 0 Å². The number of fused-ring (bicyclic) bond motifs is 1. The van der Waals surface area contributed by atoms with Crippen LogP contribution < -0.4 is 5.73 Å². The van der Waals surface area contributed by atoms with Crippen molar-refractivity contribution in [3.05, 3.63) is 46.1 Å². The van der Waals surface area contributed by atoms with Crippen LogP contribution in [0.3, 0.4) is 0 Å². The number of carboxylic acid groups (broad SMARTS) is 2. The average Bonchev–Trinajstić information content (AvgIpc) is 3.26. The molecule has 214 valence electrons. The smallest absolute Gasteiger partial charge is 0.352 e. The van der Waals surface area contributed by atoms with Crippen LogP contribution in [-0.4, -0.2) is 79.0 Å². The van der Waals surface area contributed by atoms with Gasteiger partial charge >= 0.3 is 11.9 Å². The Bertz CT molecular complexity index is 1350. The maximum Gasteiger partial charge on any atom is 0.352 e. The highest BCUT2D eigenvalue weighted by Gasteiger charge is 2.51. The zero-order valence-electron chi connectivity index (χ0n) is 21.8. The second kappa shape index (κ2) is 13.2. The first-order chi connectivity index (χ1) is 17.9. The van der Waals surface area contributed by atoms with Gasteiger partial charge in [-0.3, -0.25) is 19.0 Å². The fourth-order valence-electron chi connectivity index (χ4n) is 2.89. The molecule has 1 fully saturated rings. The molecular weight excluding hydrogens is 589 g/mol. The van der Waals surface area contributed by atoms with Gasteiger partial charge in [0.25, 0.3) is 10.1 Å². The fourth-order valence-corrected chi connectivity index (χ4v) is 6.61. The van der Waals surface area contributed by atoms with E-state index in [9.17, 15) is 27.9 Å². The lowest BCUT2D eigenvalue weighted by Crippen LogP contribution is -2.68. The lowest BCUT2D eigenvalue weighted by molar-refractivity contribution is -0.147. The molecule has 5 N–H and O–H groups in total. The van der Waals surface area contributed by atoms with Gasteiger partial charge in [0, 0.05) is 11.5 Å². The van der Waals surface area contributed by atoms with E-state index in [1.165, 1.54) is 51.9 Å². The summed E-state index contributed by atoms with van der Waals surface area (Å²) < 4.78 is 30.3. The van der Waals surface area contributed by atoms with Gasteiger partial charge in [0.1, 0.15) is 22.1 Å². The molecule has 3 heterocycles. The molecule has 0 aliphatic carbocycles. The number of hydrogen-bond donors (Lipinski definition) is 4. The predicted octanol–water partition coefficient (Wildman–Crippen LogP) is 2.88. The lowest BCUT2D eigenvalue weighted by Gasteiger charge is -2.48. The molecule has 0 saturated carbocycles. The largest absolute Gasteiger partial charge is 0.481 e. The molecule has 4 rings (SSSR count). The molecule has 12 nitrogen and oxygen atoms in total. The monoisotopic (exact) mass is 618 g/mol. The number of aromatic nitrogens is 2. The van der Waals surface area contributed by atoms with Gasteiger partial charge in [-0.2, -0.15) is 8.42 Å². The molecule has 1 aromatic carbocycles. The van der Waals surface area contributed by atoms with Crippen molar-refractivity contribution < 1.29 is 37.6 Å². The summed E-state index contributed by atoms with van der Waals surface area (Å²) in [6.07, 6.45) is 0. The Kier molecular flexibility index (Phi) is 11.1. The molecule has 0 spiro atoms. The third kappa shape index (κ3) is 9.01. The molecule has 1 saturated heterocycles. The summed E-state index contributed by atoms with van der Waals surface area (Å²) >= 11 is 4.41. The third-order valence-electron chi connectivity index (χ3n) is 5.13. The average molecular weight is 619 g/mol. The normalized spacial score (nSPS) is 18.6. The maximum absolute atomic E-state index is 11.8. The summed E-state index contributed by atoms with van der Waals surface area (Å²) in [4.78, 5) is 34.5. The summed E-state index contributed by atoms with van der Waals surface area (Å²) in [5, 5.41) is 26.2. The second-order valence-corrected chi connectivity index (χ2v) is 14.3. The van der Waals surface area contributed by atoms with E-state index in [0.29, 0.717) is 11.5 Å². The van der Waals surface area contributed by atoms with Crippen molar-refractivity contribution in [2.45, 2.75) is 55.3 Å². The number of carboxylic acids is 2. The topological polar surface area (TPSA) is 201 Å². The number of thioether (sulfide) groups is 2. The van der Waals surface area contributed by atoms with E-state index >= 15 is 0 Å². The standard InChI is InChI=1S/C11H12N4O3S3.C7H8O3S.C5H10O2/c1-4-13-14-11(21-4)20-3-5-2-19-9-6(12)8(16)15(9)7(5)10(17)18;1-6-2-4-7(5-3-6)11(8,9)10;1-5(2,3)4(6)7/h6,9H,2-3,12H2,1H3,(H,17,18);2-5H,1H3,(H,8,9,10);1-3H3,(H,6,7)/t6-,9-;;/m1../s1. The fraction of sp³-hybridized carbons (Fsp3) is 0.435. The van der Waals surface area contributed by atoms with E-state index in [-0.39, 0.29) is 21.9 Å². The summed E-state index contributed by atoms with van der Waals surface area (Å²) in [5.41, 5.74) is 6.88. The van der Waals surface area contributed by atoms with Crippen molar-refractivity contribution in [2.24, 2.45) is 11.1 Å². The number of β-lactam (4-membered cyclic amide) rings is 1. The van der Waals surface area contributed by atoms with Gasteiger partial charge in [0.05, 0.1) is 10.3 Å². The van der Waals surface area contributed by atoms with E-state index < -0.39 is 33.5 Å². The first-order valence-electron chi connectivity index (χ1n) is 11.3. The second-order valence-electron chi connectivity index (χ2n) is 9.41. The van der Waals surface area contributed by atoms with Crippen molar-refractivity contribution in [1.29, 1.82) is 0 Å². The van der Waals surface area contributed by atoms with Crippen molar-refractivity contribution in [1.82, 2.24) is 15.1 Å². The Hall–Kier alpha value is -2.50. The Labute approximate surface area is 238 Å². The molecule has 2 aliphatic heterocycles. The SMILES string of the molecule is CC(C)(C)C(=O)O.Cc1ccc(S(=O)(=O)O)cc1.Cc1nnc(SCC2=C(C(=O)O)N3C(=O)[C@@H](N)[C@H]3SC2)s1. The number of amides is 1. The van der Waals surface area contributed by atoms with Crippen LogP contribution in [0, 0.1) is 19.3 Å². The maximum atomic E-state index is 11.8. The van der Waals surface area contributed by atoms with E-state index in [4.69, 9.17) is 15.4 Å². The predicted molar refractivity (Wildman–Crippen MR) is 149 cm³/mol. The van der Waals surface area contributed by atoms with Crippen LogP contribution in [0.2, 0.25) is 0 Å². The number of rotatable bonds is 5. The van der Waals surface area contributed by atoms with Crippen LogP contribution in [0.25, 0.3) is 0 Å². The molecule has 0 unspecified atom stereocenters. The van der Waals surface area contributed by atoms with Crippen molar-refractivity contribution >= 4 is 62.8 Å². The van der Waals surface area contributed by atoms with Gasteiger partial charge in [-0.1, -0.05) is 40.8 Å². The van der Waals surface area contributed by atoms with Crippen LogP contribution in [0.1, 0.15) is 31.3 Å². The van der Waals surface area contributed by atoms with Gasteiger partial charge in [-0.25, -0.2) is 4.79 Å². The van der Waals surface area contributed by atoms with Crippen LogP contribution in [0.4, 0.5) is 0 Å². The molecule has 2 aliphatic rings. The van der Waals surface area contributed by atoms with Gasteiger partial charge in [0.15, 0.2) is 4.34 Å². The Morgan fingerprint density at radius 3 is 2.15 bits per heavy atom. The highest BCUT2D eigenvalue weighted by molar-refractivity contribution is 8.01. The summed E-state index contributed by atoms with van der Waals surface area (Å²) in [6, 6.07) is 5.39. The molecule has 2 atom stereocenters. The number of aryl methyl sites for hydroxylation is 2. The number of nitrogens with two attached hydrogens (primary N) is 1. The quantitative estimate of drug-likeness (QED) is 0.217. The number of aliphatic carboxylic acids is 2. The number of hydrogen-bond acceptors (Lipinski definition) is 11. The molecule has 39 heavy (non-hydrogen) atoms. The minimum absolute atomic E-state index is 0.0666. The molecule has 16 heteroatoms. The molecule has 0 bridgehead atoms. The van der Waals surface area contributed by atoms with Crippen LogP contribution in [-0.2, 0) is 24.5 Å². The Balaban J connectivity index is 0.000000248. The minimum atomic E-state index is -4.02. The van der Waals surface area contributed by atoms with E-state index in [1.807, 2.05) is 13.8 Å². The summed E-state index contributed by atoms with van der Waals surface area (Å²) in [5.74, 6) is -1.11. The first kappa shape index (κ1) is 32.7. The molecule has 1 amide bonds. The third-order valence-corrected chi connectivity index (χ3v) is 9.42. The minimum Gasteiger partial charge on any atom is -0.481 e. The van der Waals surface area contributed by atoms with Crippen LogP contribution in [0.5, 0.6) is 0 Å². The molecule has 0 radical (unpaired) electrons. The highest BCUT2D eigenvalue weighted by Crippen LogP contribution is 2.40. The number of benzene rings is 1. The van der Waals surface area contributed by atoms with Crippen LogP contribution >= 0.6 is 34.9 Å². The lowest BCUT2D eigenvalue weighted by atomic mass is 9.98. The van der Waals surface area contributed by atoms with Crippen molar-refractivity contribution in [2.75, 3.05) is 11.5 Å². The molecule has 1 aromatic heterocycles. The Morgan fingerprint density at radius 2 is 1.72 bits per heavy atom. The van der Waals surface area contributed by atoms with Gasteiger partial charge < -0.3 is 15.9 Å². The van der Waals surface area contributed by atoms with E-state index in [0.717, 1.165) is 20.5 Å². The first-order valence-corrected chi connectivity index (χ1v) is 15.6. The van der Waals surface area contributed by atoms with Crippen molar-refractivity contribution in [3.8, 4) is 0 Å². The van der Waals surface area contributed by atoms with E-state index in [2.05, 4.69) is 10.2 Å². The van der Waals surface area contributed by atoms with Crippen LogP contribution in [0.15, 0.2) is 44.8 Å². The van der Waals surface area contributed by atoms with Gasteiger partial charge in [-0.05, 0) is 52.3 Å². The highest BCUT2D eigenvalue weighted by atomic mass is 32.2. The summed E-state index contributed by atoms with van der Waals surface area (Å²) in [7, 11) is -4.02. The number of carbonyl (C=O) groups is 3. The van der Waals surface area contributed by atoms with Gasteiger partial charge in [-0.15, -0.1) is 22.0 Å². The molecule has 2 aromatic rings. The zero-order chi connectivity index (χ0) is 29.7. The number of carbonyl (C=O) groups excluding carboxylic acids is 1. The van der Waals surface area contributed by atoms with E-state index in [1.54, 1.807) is 32.9 Å². The molecular formula is C23H30N4O8S4. The van der Waals surface area contributed by atoms with Gasteiger partial charge in [0.2, 0.25) is 5.91 Å². The zero-order valence-corrected chi connectivity index (χ0v) is 25.1. The Morgan fingerprint density at radius 1 is 1.15 bits per heavy atom. The number of nitrogens with zero attached hydrogens (tertiary/aromatic N) is 3.